The summed E-state index contributed by atoms with van der Waals surface area (Å²) in [5, 5.41) is 26.3. The number of esters is 1. The first-order chi connectivity index (χ1) is 18.0. The molecule has 1 aromatic rings. The summed E-state index contributed by atoms with van der Waals surface area (Å²) in [4.78, 5) is 50.5. The molecule has 1 aliphatic rings. The van der Waals surface area contributed by atoms with Crippen LogP contribution in [-0.4, -0.2) is 70.3 Å². The summed E-state index contributed by atoms with van der Waals surface area (Å²) in [6, 6.07) is 5.71. The van der Waals surface area contributed by atoms with E-state index in [2.05, 4.69) is 10.6 Å². The van der Waals surface area contributed by atoms with Gasteiger partial charge in [0.2, 0.25) is 5.91 Å². The number of carboxylic acid groups (broad SMARTS) is 1. The Labute approximate surface area is 235 Å². The molecule has 1 unspecified atom stereocenters. The number of benzene rings is 1. The van der Waals surface area contributed by atoms with Crippen molar-refractivity contribution in [3.63, 3.8) is 0 Å². The first-order valence-corrected chi connectivity index (χ1v) is 13.6. The minimum Gasteiger partial charge on any atom is -0.481 e. The van der Waals surface area contributed by atoms with Crippen molar-refractivity contribution in [2.75, 3.05) is 19.6 Å². The SMILES string of the molecule is CC(C)C(NC(=O)NCC(C)(C)OC(=O)CCCC(=O)O)C(=O)N1CC[C@](O)(c2ccc(Cl)cc2)C(C)(C)C1. The van der Waals surface area contributed by atoms with Crippen molar-refractivity contribution in [3.8, 4) is 0 Å². The standard InChI is InChI=1S/C28H42ClN3O7/c1-18(2)23(31-25(37)30-16-27(5,6)39-22(35)9-7-8-21(33)34)24(36)32-15-14-28(38,26(3,4)17-32)19-10-12-20(29)13-11-19/h10-13,18,23,38H,7-9,14-17H2,1-6H3,(H,33,34)(H2,30,31,37)/t23?,28-/m0/s1. The summed E-state index contributed by atoms with van der Waals surface area (Å²) in [6.45, 7) is 11.4. The van der Waals surface area contributed by atoms with E-state index in [0.717, 1.165) is 5.56 Å². The van der Waals surface area contributed by atoms with E-state index in [1.54, 1.807) is 43.0 Å². The average Bonchev–Trinajstić information content (AvgIpc) is 2.82. The van der Waals surface area contributed by atoms with Crippen LogP contribution in [0.25, 0.3) is 0 Å². The van der Waals surface area contributed by atoms with E-state index in [0.29, 0.717) is 24.5 Å². The number of carboxylic acids is 1. The molecule has 11 heteroatoms. The fourth-order valence-corrected chi connectivity index (χ4v) is 4.87. The van der Waals surface area contributed by atoms with Crippen LogP contribution in [0.15, 0.2) is 24.3 Å². The number of halogens is 1. The number of nitrogens with zero attached hydrogens (tertiary/aromatic N) is 1. The van der Waals surface area contributed by atoms with Crippen molar-refractivity contribution in [1.29, 1.82) is 0 Å². The molecular weight excluding hydrogens is 526 g/mol. The molecule has 0 saturated carbocycles. The van der Waals surface area contributed by atoms with Gasteiger partial charge in [0.1, 0.15) is 11.6 Å². The molecule has 1 fully saturated rings. The number of rotatable bonds is 11. The van der Waals surface area contributed by atoms with Crippen molar-refractivity contribution in [2.45, 2.75) is 84.5 Å². The number of ether oxygens (including phenoxy) is 1. The van der Waals surface area contributed by atoms with E-state index in [4.69, 9.17) is 21.4 Å². The van der Waals surface area contributed by atoms with Crippen LogP contribution >= 0.6 is 11.6 Å². The normalized spacial score (nSPS) is 19.8. The molecule has 0 spiro atoms. The first kappa shape index (κ1) is 32.4. The second-order valence-electron chi connectivity index (χ2n) is 11.8. The summed E-state index contributed by atoms with van der Waals surface area (Å²) in [6.07, 6.45) is 0.331. The number of carbonyl (C=O) groups excluding carboxylic acids is 3. The van der Waals surface area contributed by atoms with Gasteiger partial charge in [0.25, 0.3) is 0 Å². The van der Waals surface area contributed by atoms with Gasteiger partial charge in [-0.15, -0.1) is 0 Å². The number of urea groups is 1. The lowest BCUT2D eigenvalue weighted by atomic mass is 9.66. The van der Waals surface area contributed by atoms with E-state index in [1.807, 2.05) is 27.7 Å². The van der Waals surface area contributed by atoms with E-state index < -0.39 is 40.6 Å². The van der Waals surface area contributed by atoms with Crippen LogP contribution < -0.4 is 10.6 Å². The minimum atomic E-state index is -1.15. The van der Waals surface area contributed by atoms with Gasteiger partial charge >= 0.3 is 18.0 Å². The summed E-state index contributed by atoms with van der Waals surface area (Å²) in [5.74, 6) is -1.98. The van der Waals surface area contributed by atoms with Gasteiger partial charge in [0.15, 0.2) is 0 Å². The number of hydrogen-bond donors (Lipinski definition) is 4. The van der Waals surface area contributed by atoms with E-state index in [1.165, 1.54) is 0 Å². The Hall–Kier alpha value is -2.85. The quantitative estimate of drug-likeness (QED) is 0.298. The molecule has 0 aromatic heterocycles. The maximum Gasteiger partial charge on any atom is 0.315 e. The Morgan fingerprint density at radius 3 is 2.28 bits per heavy atom. The zero-order valence-corrected chi connectivity index (χ0v) is 24.4. The fraction of sp³-hybridized carbons (Fsp3) is 0.643. The highest BCUT2D eigenvalue weighted by Crippen LogP contribution is 2.46. The van der Waals surface area contributed by atoms with Crippen LogP contribution in [0.1, 0.15) is 72.8 Å². The zero-order chi connectivity index (χ0) is 29.6. The van der Waals surface area contributed by atoms with Gasteiger partial charge < -0.3 is 30.5 Å². The predicted molar refractivity (Wildman–Crippen MR) is 147 cm³/mol. The molecule has 4 N–H and O–H groups in total. The number of nitrogens with one attached hydrogen (secondary N) is 2. The van der Waals surface area contributed by atoms with Gasteiger partial charge in [-0.3, -0.25) is 14.4 Å². The van der Waals surface area contributed by atoms with Crippen LogP contribution in [-0.2, 0) is 24.7 Å². The van der Waals surface area contributed by atoms with Crippen LogP contribution in [0.2, 0.25) is 5.02 Å². The Bertz CT molecular complexity index is 1040. The smallest absolute Gasteiger partial charge is 0.315 e. The van der Waals surface area contributed by atoms with E-state index in [9.17, 15) is 24.3 Å². The van der Waals surface area contributed by atoms with Crippen LogP contribution in [0, 0.1) is 11.3 Å². The third-order valence-corrected chi connectivity index (χ3v) is 7.39. The molecule has 1 aromatic carbocycles. The summed E-state index contributed by atoms with van der Waals surface area (Å²) in [7, 11) is 0. The maximum absolute atomic E-state index is 13.5. The number of carbonyl (C=O) groups is 4. The highest BCUT2D eigenvalue weighted by molar-refractivity contribution is 6.30. The summed E-state index contributed by atoms with van der Waals surface area (Å²) >= 11 is 6.02. The van der Waals surface area contributed by atoms with Gasteiger partial charge in [-0.25, -0.2) is 4.79 Å². The Morgan fingerprint density at radius 2 is 1.74 bits per heavy atom. The summed E-state index contributed by atoms with van der Waals surface area (Å²) in [5.41, 5.74) is -2.11. The third-order valence-electron chi connectivity index (χ3n) is 7.14. The third kappa shape index (κ3) is 8.83. The molecule has 1 heterocycles. The molecule has 39 heavy (non-hydrogen) atoms. The zero-order valence-electron chi connectivity index (χ0n) is 23.7. The lowest BCUT2D eigenvalue weighted by Crippen LogP contribution is -2.61. The number of aliphatic carboxylic acids is 1. The highest BCUT2D eigenvalue weighted by atomic mass is 35.5. The van der Waals surface area contributed by atoms with Gasteiger partial charge in [0.05, 0.1) is 12.1 Å². The molecule has 3 amide bonds. The summed E-state index contributed by atoms with van der Waals surface area (Å²) < 4.78 is 5.37. The number of amides is 3. The van der Waals surface area contributed by atoms with Crippen molar-refractivity contribution in [1.82, 2.24) is 15.5 Å². The van der Waals surface area contributed by atoms with Crippen LogP contribution in [0.4, 0.5) is 4.79 Å². The Morgan fingerprint density at radius 1 is 1.13 bits per heavy atom. The van der Waals surface area contributed by atoms with Crippen molar-refractivity contribution in [3.05, 3.63) is 34.9 Å². The largest absolute Gasteiger partial charge is 0.481 e. The molecule has 2 rings (SSSR count). The molecule has 0 bridgehead atoms. The molecule has 0 aliphatic carbocycles. The molecule has 2 atom stereocenters. The fourth-order valence-electron chi connectivity index (χ4n) is 4.75. The van der Waals surface area contributed by atoms with E-state index in [-0.39, 0.29) is 37.6 Å². The van der Waals surface area contributed by atoms with Crippen LogP contribution in [0.5, 0.6) is 0 Å². The van der Waals surface area contributed by atoms with Crippen molar-refractivity contribution < 1.29 is 34.1 Å². The lowest BCUT2D eigenvalue weighted by Gasteiger charge is -2.51. The number of piperidine rings is 1. The second-order valence-corrected chi connectivity index (χ2v) is 12.2. The van der Waals surface area contributed by atoms with Gasteiger partial charge in [0, 0.05) is 36.4 Å². The first-order valence-electron chi connectivity index (χ1n) is 13.2. The van der Waals surface area contributed by atoms with Crippen molar-refractivity contribution >= 4 is 35.5 Å². The monoisotopic (exact) mass is 567 g/mol. The van der Waals surface area contributed by atoms with Crippen LogP contribution in [0.3, 0.4) is 0 Å². The van der Waals surface area contributed by atoms with E-state index >= 15 is 0 Å². The minimum absolute atomic E-state index is 0.00657. The number of aliphatic hydroxyl groups is 1. The highest BCUT2D eigenvalue weighted by Gasteiger charge is 2.50. The Kier molecular flexibility index (Phi) is 10.8. The topological polar surface area (TPSA) is 145 Å². The molecular formula is C28H42ClN3O7. The lowest BCUT2D eigenvalue weighted by molar-refractivity contribution is -0.156. The van der Waals surface area contributed by atoms with Gasteiger partial charge in [-0.2, -0.15) is 0 Å². The molecule has 218 valence electrons. The second kappa shape index (κ2) is 13.0. The van der Waals surface area contributed by atoms with Crippen molar-refractivity contribution in [2.24, 2.45) is 11.3 Å². The van der Waals surface area contributed by atoms with Gasteiger partial charge in [-0.1, -0.05) is 51.4 Å². The molecule has 0 radical (unpaired) electrons. The average molecular weight is 568 g/mol. The maximum atomic E-state index is 13.5. The molecule has 10 nitrogen and oxygen atoms in total. The number of hydrogen-bond acceptors (Lipinski definition) is 6. The van der Waals surface area contributed by atoms with Gasteiger partial charge in [-0.05, 0) is 50.3 Å². The molecule has 1 saturated heterocycles. The predicted octanol–water partition coefficient (Wildman–Crippen LogP) is 3.69. The number of likely N-dealkylation sites (tertiary alicyclic amines) is 1. The molecule has 1 aliphatic heterocycles. The Balaban J connectivity index is 1.98.